The first-order valence-electron chi connectivity index (χ1n) is 7.68. The molecular weight excluding hydrogens is 280 g/mol. The second-order valence-corrected chi connectivity index (χ2v) is 5.67. The van der Waals surface area contributed by atoms with Gasteiger partial charge in [0.15, 0.2) is 0 Å². The van der Waals surface area contributed by atoms with Crippen molar-refractivity contribution in [3.63, 3.8) is 0 Å². The molecule has 0 aromatic heterocycles. The Morgan fingerprint density at radius 2 is 2.14 bits per heavy atom. The molecule has 1 heterocycles. The van der Waals surface area contributed by atoms with Gasteiger partial charge in [-0.25, -0.2) is 9.59 Å². The Labute approximate surface area is 129 Å². The Kier molecular flexibility index (Phi) is 4.42. The fourth-order valence-electron chi connectivity index (χ4n) is 2.86. The van der Waals surface area contributed by atoms with Crippen molar-refractivity contribution in [1.82, 2.24) is 10.2 Å². The Morgan fingerprint density at radius 1 is 1.32 bits per heavy atom. The summed E-state index contributed by atoms with van der Waals surface area (Å²) >= 11 is 0. The zero-order valence-corrected chi connectivity index (χ0v) is 12.4. The molecule has 0 bridgehead atoms. The molecule has 1 aliphatic carbocycles. The minimum absolute atomic E-state index is 0.0978. The van der Waals surface area contributed by atoms with Gasteiger partial charge in [0.05, 0.1) is 12.6 Å². The van der Waals surface area contributed by atoms with E-state index in [0.29, 0.717) is 6.54 Å². The van der Waals surface area contributed by atoms with Gasteiger partial charge in [-0.1, -0.05) is 42.5 Å². The van der Waals surface area contributed by atoms with Crippen LogP contribution in [0, 0.1) is 0 Å². The Balaban J connectivity index is 1.54. The molecule has 1 saturated heterocycles. The quantitative estimate of drug-likeness (QED) is 0.685. The second kappa shape index (κ2) is 6.64. The monoisotopic (exact) mass is 300 g/mol. The number of amides is 2. The molecule has 1 aromatic carbocycles. The van der Waals surface area contributed by atoms with Crippen LogP contribution in [-0.2, 0) is 16.1 Å². The number of nitrogens with one attached hydrogen (secondary N) is 1. The number of esters is 1. The van der Waals surface area contributed by atoms with Gasteiger partial charge >= 0.3 is 12.0 Å². The van der Waals surface area contributed by atoms with Crippen molar-refractivity contribution in [1.29, 1.82) is 0 Å². The number of carbonyl (C=O) groups excluding carboxylic acids is 2. The number of allylic oxidation sites excluding steroid dienone is 1. The van der Waals surface area contributed by atoms with Crippen LogP contribution in [0.5, 0.6) is 0 Å². The van der Waals surface area contributed by atoms with Crippen LogP contribution in [-0.4, -0.2) is 35.5 Å². The number of nitrogens with zero attached hydrogens (tertiary/aromatic N) is 1. The second-order valence-electron chi connectivity index (χ2n) is 5.67. The number of rotatable bonds is 4. The largest absolute Gasteiger partial charge is 0.459 e. The maximum absolute atomic E-state index is 12.1. The maximum Gasteiger partial charge on any atom is 0.330 e. The van der Waals surface area contributed by atoms with Gasteiger partial charge in [0.1, 0.15) is 12.6 Å². The summed E-state index contributed by atoms with van der Waals surface area (Å²) in [7, 11) is 0. The zero-order valence-electron chi connectivity index (χ0n) is 12.4. The van der Waals surface area contributed by atoms with Crippen LogP contribution in [0.3, 0.4) is 0 Å². The van der Waals surface area contributed by atoms with Crippen molar-refractivity contribution in [3.05, 3.63) is 48.0 Å². The molecule has 0 saturated carbocycles. The van der Waals surface area contributed by atoms with Crippen molar-refractivity contribution in [2.75, 3.05) is 6.54 Å². The van der Waals surface area contributed by atoms with E-state index in [1.165, 1.54) is 0 Å². The summed E-state index contributed by atoms with van der Waals surface area (Å²) in [4.78, 5) is 25.9. The summed E-state index contributed by atoms with van der Waals surface area (Å²) in [5.41, 5.74) is 0.937. The van der Waals surface area contributed by atoms with Gasteiger partial charge in [-0.2, -0.15) is 0 Å². The molecule has 116 valence electrons. The van der Waals surface area contributed by atoms with Gasteiger partial charge in [-0.05, 0) is 24.8 Å². The maximum atomic E-state index is 12.1. The first-order chi connectivity index (χ1) is 10.7. The number of carbonyl (C=O) groups is 2. The van der Waals surface area contributed by atoms with Crippen LogP contribution in [0.25, 0.3) is 0 Å². The van der Waals surface area contributed by atoms with Crippen molar-refractivity contribution in [2.24, 2.45) is 0 Å². The summed E-state index contributed by atoms with van der Waals surface area (Å²) in [6.45, 7) is 0.608. The highest BCUT2D eigenvalue weighted by Crippen LogP contribution is 2.20. The van der Waals surface area contributed by atoms with Crippen LogP contribution >= 0.6 is 0 Å². The molecule has 0 spiro atoms. The minimum Gasteiger partial charge on any atom is -0.459 e. The lowest BCUT2D eigenvalue weighted by Crippen LogP contribution is -2.37. The van der Waals surface area contributed by atoms with E-state index < -0.39 is 6.04 Å². The van der Waals surface area contributed by atoms with E-state index in [1.807, 2.05) is 30.3 Å². The van der Waals surface area contributed by atoms with Crippen LogP contribution in [0.2, 0.25) is 0 Å². The normalized spacial score (nSPS) is 24.2. The number of benzene rings is 1. The van der Waals surface area contributed by atoms with E-state index in [9.17, 15) is 9.59 Å². The van der Waals surface area contributed by atoms with Gasteiger partial charge in [0, 0.05) is 0 Å². The summed E-state index contributed by atoms with van der Waals surface area (Å²) in [6.07, 6.45) is 7.25. The first-order valence-corrected chi connectivity index (χ1v) is 7.68. The number of urea groups is 1. The fraction of sp³-hybridized carbons (Fsp3) is 0.412. The lowest BCUT2D eigenvalue weighted by Gasteiger charge is -2.26. The standard InChI is InChI=1S/C17H20N2O3/c20-16(22-12-13-7-3-1-4-8-13)15-11-19(17(21)18-15)14-9-5-2-6-10-14/h1,3-5,7-9,14-15H,2,6,10-12H2,(H,18,21). The Hall–Kier alpha value is -2.30. The molecule has 2 atom stereocenters. The van der Waals surface area contributed by atoms with Crippen molar-refractivity contribution < 1.29 is 14.3 Å². The number of ether oxygens (including phenoxy) is 1. The van der Waals surface area contributed by atoms with Crippen LogP contribution in [0.1, 0.15) is 24.8 Å². The highest BCUT2D eigenvalue weighted by molar-refractivity contribution is 5.87. The molecule has 2 unspecified atom stereocenters. The van der Waals surface area contributed by atoms with E-state index >= 15 is 0 Å². The Bertz CT molecular complexity index is 571. The predicted octanol–water partition coefficient (Wildman–Crippen LogP) is 2.23. The third kappa shape index (κ3) is 3.30. The topological polar surface area (TPSA) is 58.6 Å². The van der Waals surface area contributed by atoms with Gasteiger partial charge < -0.3 is 15.0 Å². The summed E-state index contributed by atoms with van der Waals surface area (Å²) in [6, 6.07) is 8.86. The third-order valence-corrected chi connectivity index (χ3v) is 4.08. The highest BCUT2D eigenvalue weighted by Gasteiger charge is 2.37. The van der Waals surface area contributed by atoms with Crippen LogP contribution in [0.4, 0.5) is 4.79 Å². The summed E-state index contributed by atoms with van der Waals surface area (Å²) in [5, 5.41) is 2.72. The molecule has 0 radical (unpaired) electrons. The lowest BCUT2D eigenvalue weighted by molar-refractivity contribution is -0.146. The average Bonchev–Trinajstić information content (AvgIpc) is 2.96. The summed E-state index contributed by atoms with van der Waals surface area (Å²) < 4.78 is 5.30. The van der Waals surface area contributed by atoms with Crippen LogP contribution < -0.4 is 5.32 Å². The van der Waals surface area contributed by atoms with E-state index in [2.05, 4.69) is 17.5 Å². The molecule has 5 heteroatoms. The lowest BCUT2D eigenvalue weighted by atomic mass is 10.0. The van der Waals surface area contributed by atoms with Crippen molar-refractivity contribution >= 4 is 12.0 Å². The fourth-order valence-corrected chi connectivity index (χ4v) is 2.86. The van der Waals surface area contributed by atoms with E-state index in [-0.39, 0.29) is 24.6 Å². The van der Waals surface area contributed by atoms with Crippen LogP contribution in [0.15, 0.2) is 42.5 Å². The van der Waals surface area contributed by atoms with Gasteiger partial charge in [-0.3, -0.25) is 0 Å². The third-order valence-electron chi connectivity index (χ3n) is 4.08. The molecule has 2 aliphatic rings. The smallest absolute Gasteiger partial charge is 0.330 e. The molecule has 5 nitrogen and oxygen atoms in total. The molecular formula is C17H20N2O3. The highest BCUT2D eigenvalue weighted by atomic mass is 16.5. The molecule has 3 rings (SSSR count). The SMILES string of the molecule is O=C(OCc1ccccc1)C1CN(C2C=CCCC2)C(=O)N1. The van der Waals surface area contributed by atoms with Gasteiger partial charge in [0.25, 0.3) is 0 Å². The molecule has 2 amide bonds. The minimum atomic E-state index is -0.577. The molecule has 1 aromatic rings. The predicted molar refractivity (Wildman–Crippen MR) is 82.0 cm³/mol. The molecule has 1 fully saturated rings. The molecule has 1 N–H and O–H groups in total. The van der Waals surface area contributed by atoms with Crippen molar-refractivity contribution in [3.8, 4) is 0 Å². The van der Waals surface area contributed by atoms with E-state index in [0.717, 1.165) is 24.8 Å². The molecule has 1 aliphatic heterocycles. The first kappa shape index (κ1) is 14.6. The summed E-state index contributed by atoms with van der Waals surface area (Å²) in [5.74, 6) is -0.375. The van der Waals surface area contributed by atoms with Crippen molar-refractivity contribution in [2.45, 2.75) is 38.0 Å². The number of hydrogen-bond acceptors (Lipinski definition) is 3. The Morgan fingerprint density at radius 3 is 2.86 bits per heavy atom. The number of hydrogen-bond donors (Lipinski definition) is 1. The van der Waals surface area contributed by atoms with E-state index in [1.54, 1.807) is 4.90 Å². The van der Waals surface area contributed by atoms with Gasteiger partial charge in [0.2, 0.25) is 0 Å². The zero-order chi connectivity index (χ0) is 15.4. The van der Waals surface area contributed by atoms with Gasteiger partial charge in [-0.15, -0.1) is 0 Å². The van der Waals surface area contributed by atoms with E-state index in [4.69, 9.17) is 4.74 Å². The molecule has 22 heavy (non-hydrogen) atoms. The average molecular weight is 300 g/mol.